The number of Topliss-reactive ketones (excluding diaryl/α,β-unsaturated/α-hetero) is 1. The van der Waals surface area contributed by atoms with Crippen LogP contribution in [0, 0.1) is 38.5 Å². The van der Waals surface area contributed by atoms with E-state index in [-0.39, 0.29) is 0 Å². The summed E-state index contributed by atoms with van der Waals surface area (Å²) in [6.45, 7) is 10.9. The molecule has 3 unspecified atom stereocenters. The van der Waals surface area contributed by atoms with Gasteiger partial charge in [0, 0.05) is 12.0 Å². The molecule has 0 N–H and O–H groups in total. The average Bonchev–Trinajstić information content (AvgIpc) is 2.33. The molecule has 3 atom stereocenters. The summed E-state index contributed by atoms with van der Waals surface area (Å²) < 4.78 is 0. The van der Waals surface area contributed by atoms with E-state index in [1.54, 1.807) is 0 Å². The molecule has 0 spiro atoms. The van der Waals surface area contributed by atoms with Crippen molar-refractivity contribution in [1.82, 2.24) is 0 Å². The predicted molar refractivity (Wildman–Crippen MR) is 85.3 cm³/mol. The van der Waals surface area contributed by atoms with Crippen molar-refractivity contribution in [2.75, 3.05) is 0 Å². The van der Waals surface area contributed by atoms with Crippen LogP contribution in [-0.4, -0.2) is 5.78 Å². The highest BCUT2D eigenvalue weighted by molar-refractivity contribution is 5.99. The fraction of sp³-hybridized carbons (Fsp3) is 0.632. The molecule has 0 aromatic heterocycles. The van der Waals surface area contributed by atoms with Gasteiger partial charge in [-0.3, -0.25) is 4.79 Å². The molecule has 1 nitrogen and oxygen atoms in total. The van der Waals surface area contributed by atoms with Gasteiger partial charge in [0.15, 0.2) is 5.78 Å². The zero-order valence-electron chi connectivity index (χ0n) is 13.6. The Morgan fingerprint density at radius 1 is 1.10 bits per heavy atom. The van der Waals surface area contributed by atoms with E-state index in [2.05, 4.69) is 46.8 Å². The molecule has 0 bridgehead atoms. The van der Waals surface area contributed by atoms with Gasteiger partial charge in [-0.05, 0) is 56.1 Å². The minimum Gasteiger partial charge on any atom is -0.294 e. The zero-order chi connectivity index (χ0) is 14.9. The summed E-state index contributed by atoms with van der Waals surface area (Å²) in [6, 6.07) is 4.26. The van der Waals surface area contributed by atoms with E-state index in [1.165, 1.54) is 24.8 Å². The van der Waals surface area contributed by atoms with Crippen LogP contribution in [0.25, 0.3) is 0 Å². The Bertz CT molecular complexity index is 477. The van der Waals surface area contributed by atoms with Crippen LogP contribution in [0.1, 0.15) is 66.6 Å². The summed E-state index contributed by atoms with van der Waals surface area (Å²) in [5, 5.41) is 0. The second kappa shape index (κ2) is 6.11. The molecular weight excluding hydrogens is 244 g/mol. The van der Waals surface area contributed by atoms with E-state index in [4.69, 9.17) is 0 Å². The van der Waals surface area contributed by atoms with Crippen LogP contribution in [0.2, 0.25) is 0 Å². The number of hydrogen-bond donors (Lipinski definition) is 0. The first-order valence-corrected chi connectivity index (χ1v) is 8.01. The smallest absolute Gasteiger partial charge is 0.163 e. The molecule has 1 aliphatic carbocycles. The fourth-order valence-electron chi connectivity index (χ4n) is 3.94. The van der Waals surface area contributed by atoms with E-state index in [0.29, 0.717) is 17.6 Å². The number of aryl methyl sites for hydroxylation is 3. The van der Waals surface area contributed by atoms with Crippen LogP contribution in [0.4, 0.5) is 0 Å². The van der Waals surface area contributed by atoms with Crippen molar-refractivity contribution in [2.45, 2.75) is 60.3 Å². The summed E-state index contributed by atoms with van der Waals surface area (Å²) in [7, 11) is 0. The Kier molecular flexibility index (Phi) is 4.67. The number of hydrogen-bond acceptors (Lipinski definition) is 1. The molecule has 110 valence electrons. The lowest BCUT2D eigenvalue weighted by Crippen LogP contribution is -2.26. The van der Waals surface area contributed by atoms with Crippen LogP contribution < -0.4 is 0 Å². The van der Waals surface area contributed by atoms with Gasteiger partial charge in [0.1, 0.15) is 0 Å². The maximum Gasteiger partial charge on any atom is 0.163 e. The van der Waals surface area contributed by atoms with E-state index in [0.717, 1.165) is 29.0 Å². The van der Waals surface area contributed by atoms with Crippen LogP contribution in [0.15, 0.2) is 12.1 Å². The normalized spacial score (nSPS) is 26.6. The minimum atomic E-state index is 0.353. The lowest BCUT2D eigenvalue weighted by atomic mass is 9.71. The Morgan fingerprint density at radius 2 is 1.70 bits per heavy atom. The van der Waals surface area contributed by atoms with Crippen molar-refractivity contribution in [3.63, 3.8) is 0 Å². The van der Waals surface area contributed by atoms with Gasteiger partial charge in [0.05, 0.1) is 0 Å². The number of carbonyl (C=O) groups is 1. The number of carbonyl (C=O) groups excluding carboxylic acids is 1. The van der Waals surface area contributed by atoms with Gasteiger partial charge in [0.2, 0.25) is 0 Å². The maximum absolute atomic E-state index is 12.7. The molecular formula is C19H28O. The van der Waals surface area contributed by atoms with Crippen LogP contribution in [-0.2, 0) is 0 Å². The molecule has 0 radical (unpaired) electrons. The second-order valence-electron chi connectivity index (χ2n) is 6.93. The third-order valence-corrected chi connectivity index (χ3v) is 5.28. The molecule has 1 fully saturated rings. The Balaban J connectivity index is 2.16. The van der Waals surface area contributed by atoms with Gasteiger partial charge in [-0.15, -0.1) is 0 Å². The molecule has 1 aromatic rings. The molecule has 1 saturated carbocycles. The molecule has 0 amide bonds. The second-order valence-corrected chi connectivity index (χ2v) is 6.93. The van der Waals surface area contributed by atoms with Gasteiger partial charge >= 0.3 is 0 Å². The summed E-state index contributed by atoms with van der Waals surface area (Å²) >= 11 is 0. The lowest BCUT2D eigenvalue weighted by Gasteiger charge is -2.34. The largest absolute Gasteiger partial charge is 0.294 e. The maximum atomic E-state index is 12.7. The van der Waals surface area contributed by atoms with Crippen molar-refractivity contribution < 1.29 is 4.79 Å². The molecule has 0 saturated heterocycles. The van der Waals surface area contributed by atoms with Crippen molar-refractivity contribution in [3.8, 4) is 0 Å². The Labute approximate surface area is 123 Å². The summed E-state index contributed by atoms with van der Waals surface area (Å²) in [4.78, 5) is 12.7. The zero-order valence-corrected chi connectivity index (χ0v) is 13.6. The monoisotopic (exact) mass is 272 g/mol. The quantitative estimate of drug-likeness (QED) is 0.686. The molecule has 2 rings (SSSR count). The van der Waals surface area contributed by atoms with Gasteiger partial charge in [-0.1, -0.05) is 44.4 Å². The summed E-state index contributed by atoms with van der Waals surface area (Å²) in [5.41, 5.74) is 4.50. The van der Waals surface area contributed by atoms with Crippen LogP contribution >= 0.6 is 0 Å². The van der Waals surface area contributed by atoms with Crippen molar-refractivity contribution in [3.05, 3.63) is 34.4 Å². The first-order chi connectivity index (χ1) is 9.40. The van der Waals surface area contributed by atoms with Crippen molar-refractivity contribution in [2.24, 2.45) is 17.8 Å². The molecule has 1 heteroatoms. The first kappa shape index (κ1) is 15.3. The van der Waals surface area contributed by atoms with Crippen LogP contribution in [0.3, 0.4) is 0 Å². The van der Waals surface area contributed by atoms with E-state index >= 15 is 0 Å². The van der Waals surface area contributed by atoms with Gasteiger partial charge in [-0.25, -0.2) is 0 Å². The highest BCUT2D eigenvalue weighted by Gasteiger charge is 2.29. The SMILES string of the molecule is Cc1cc(C)c(C(=O)CC2CCCC(C)C2C)c(C)c1. The Hall–Kier alpha value is -1.11. The number of ketones is 1. The third-order valence-electron chi connectivity index (χ3n) is 5.28. The Morgan fingerprint density at radius 3 is 2.30 bits per heavy atom. The molecule has 1 aromatic carbocycles. The van der Waals surface area contributed by atoms with Crippen molar-refractivity contribution >= 4 is 5.78 Å². The minimum absolute atomic E-state index is 0.353. The van der Waals surface area contributed by atoms with E-state index in [9.17, 15) is 4.79 Å². The average molecular weight is 272 g/mol. The highest BCUT2D eigenvalue weighted by Crippen LogP contribution is 2.37. The van der Waals surface area contributed by atoms with E-state index < -0.39 is 0 Å². The number of rotatable bonds is 3. The third kappa shape index (κ3) is 3.13. The van der Waals surface area contributed by atoms with Crippen LogP contribution in [0.5, 0.6) is 0 Å². The van der Waals surface area contributed by atoms with Gasteiger partial charge in [0.25, 0.3) is 0 Å². The topological polar surface area (TPSA) is 17.1 Å². The van der Waals surface area contributed by atoms with Gasteiger partial charge < -0.3 is 0 Å². The highest BCUT2D eigenvalue weighted by atomic mass is 16.1. The molecule has 1 aliphatic rings. The molecule has 20 heavy (non-hydrogen) atoms. The predicted octanol–water partition coefficient (Wildman–Crippen LogP) is 5.26. The fourth-order valence-corrected chi connectivity index (χ4v) is 3.94. The first-order valence-electron chi connectivity index (χ1n) is 8.01. The van der Waals surface area contributed by atoms with Gasteiger partial charge in [-0.2, -0.15) is 0 Å². The lowest BCUT2D eigenvalue weighted by molar-refractivity contribution is 0.0896. The molecule has 0 heterocycles. The molecule has 0 aliphatic heterocycles. The summed E-state index contributed by atoms with van der Waals surface area (Å²) in [5.74, 6) is 2.37. The number of benzene rings is 1. The summed E-state index contributed by atoms with van der Waals surface area (Å²) in [6.07, 6.45) is 4.57. The van der Waals surface area contributed by atoms with E-state index in [1.807, 2.05) is 0 Å². The standard InChI is InChI=1S/C19H28O/c1-12-9-14(3)19(15(4)10-12)18(20)11-17-8-6-7-13(2)16(17)5/h9-10,13,16-17H,6-8,11H2,1-5H3. The van der Waals surface area contributed by atoms with Crippen molar-refractivity contribution in [1.29, 1.82) is 0 Å².